The van der Waals surface area contributed by atoms with Gasteiger partial charge in [-0.05, 0) is 18.2 Å². The Hall–Kier alpha value is -1.88. The van der Waals surface area contributed by atoms with Gasteiger partial charge in [0, 0.05) is 11.6 Å². The molecule has 0 atom stereocenters. The van der Waals surface area contributed by atoms with E-state index < -0.39 is 10.0 Å². The molecule has 3 aromatic heterocycles. The average Bonchev–Trinajstić information content (AvgIpc) is 3.10. The molecule has 7 nitrogen and oxygen atoms in total. The second-order valence-electron chi connectivity index (χ2n) is 4.59. The predicted molar refractivity (Wildman–Crippen MR) is 91.3 cm³/mol. The zero-order valence-electron chi connectivity index (χ0n) is 11.1. The van der Waals surface area contributed by atoms with Crippen molar-refractivity contribution in [1.82, 2.24) is 14.4 Å². The molecule has 0 aliphatic rings. The number of anilines is 1. The number of H-pyrrole nitrogens is 1. The number of hydrogen-bond acceptors (Lipinski definition) is 6. The maximum atomic E-state index is 12.6. The van der Waals surface area contributed by atoms with E-state index in [9.17, 15) is 13.2 Å². The molecule has 0 unspecified atom stereocenters. The Balaban J connectivity index is 1.80. The lowest BCUT2D eigenvalue weighted by molar-refractivity contribution is 0.597. The number of aromatic nitrogens is 3. The highest BCUT2D eigenvalue weighted by Gasteiger charge is 2.25. The third kappa shape index (κ3) is 2.43. The fraction of sp³-hybridized carbons (Fsp3) is 0. The van der Waals surface area contributed by atoms with Gasteiger partial charge in [-0.3, -0.25) is 13.9 Å². The molecule has 0 aliphatic heterocycles. The second-order valence-corrected chi connectivity index (χ2v) is 8.44. The summed E-state index contributed by atoms with van der Waals surface area (Å²) in [6.07, 6.45) is 1.59. The minimum atomic E-state index is -3.92. The lowest BCUT2D eigenvalue weighted by Gasteiger charge is -2.07. The first-order chi connectivity index (χ1) is 10.9. The number of rotatable bonds is 3. The summed E-state index contributed by atoms with van der Waals surface area (Å²) in [6, 6.07) is 4.81. The van der Waals surface area contributed by atoms with Crippen LogP contribution in [-0.2, 0) is 10.0 Å². The molecule has 0 radical (unpaired) electrons. The van der Waals surface area contributed by atoms with Crippen LogP contribution in [0.25, 0.3) is 15.2 Å². The van der Waals surface area contributed by atoms with Crippen LogP contribution in [0, 0.1) is 0 Å². The predicted octanol–water partition coefficient (Wildman–Crippen LogP) is 2.75. The number of aromatic amines is 1. The van der Waals surface area contributed by atoms with E-state index in [1.807, 2.05) is 0 Å². The molecule has 23 heavy (non-hydrogen) atoms. The van der Waals surface area contributed by atoms with Crippen LogP contribution in [0.4, 0.5) is 5.69 Å². The minimum Gasteiger partial charge on any atom is -0.312 e. The van der Waals surface area contributed by atoms with Crippen molar-refractivity contribution in [3.05, 3.63) is 44.6 Å². The number of imidazole rings is 1. The van der Waals surface area contributed by atoms with Crippen molar-refractivity contribution >= 4 is 65.2 Å². The molecule has 0 fully saturated rings. The molecular weight excluding hydrogens is 380 g/mol. The Morgan fingerprint density at radius 1 is 1.35 bits per heavy atom. The molecule has 0 spiro atoms. The SMILES string of the molecule is O=c1[nH]c2ccc(NS(=O)(=O)c3c(Cl)nc4sccn34)cc2s1. The van der Waals surface area contributed by atoms with Crippen LogP contribution in [0.3, 0.4) is 0 Å². The van der Waals surface area contributed by atoms with Crippen LogP contribution in [0.2, 0.25) is 5.15 Å². The average molecular weight is 387 g/mol. The van der Waals surface area contributed by atoms with Crippen LogP contribution in [-0.4, -0.2) is 22.8 Å². The number of nitrogens with zero attached hydrogens (tertiary/aromatic N) is 2. The van der Waals surface area contributed by atoms with Crippen molar-refractivity contribution in [1.29, 1.82) is 0 Å². The van der Waals surface area contributed by atoms with Crippen LogP contribution < -0.4 is 9.60 Å². The highest BCUT2D eigenvalue weighted by atomic mass is 35.5. The van der Waals surface area contributed by atoms with Crippen LogP contribution in [0.1, 0.15) is 0 Å². The molecule has 4 rings (SSSR count). The maximum Gasteiger partial charge on any atom is 0.305 e. The van der Waals surface area contributed by atoms with Gasteiger partial charge in [0.25, 0.3) is 10.0 Å². The zero-order chi connectivity index (χ0) is 16.2. The Bertz CT molecular complexity index is 1200. The Morgan fingerprint density at radius 2 is 2.17 bits per heavy atom. The van der Waals surface area contributed by atoms with E-state index in [0.29, 0.717) is 20.9 Å². The summed E-state index contributed by atoms with van der Waals surface area (Å²) in [5.74, 6) is 0. The standard InChI is InChI=1S/C12H7ClN4O3S3/c13-9-10(17-3-4-21-11(17)15-9)23(19,20)16-6-1-2-7-8(5-6)22-12(18)14-7/h1-5,16H,(H,14,18). The summed E-state index contributed by atoms with van der Waals surface area (Å²) < 4.78 is 29.8. The van der Waals surface area contributed by atoms with Crippen molar-refractivity contribution in [3.63, 3.8) is 0 Å². The van der Waals surface area contributed by atoms with Gasteiger partial charge in [0.05, 0.1) is 15.9 Å². The van der Waals surface area contributed by atoms with E-state index in [1.54, 1.807) is 29.8 Å². The molecule has 0 saturated carbocycles. The highest BCUT2D eigenvalue weighted by Crippen LogP contribution is 2.28. The smallest absolute Gasteiger partial charge is 0.305 e. The van der Waals surface area contributed by atoms with E-state index in [2.05, 4.69) is 14.7 Å². The van der Waals surface area contributed by atoms with Crippen LogP contribution in [0.15, 0.2) is 39.6 Å². The summed E-state index contributed by atoms with van der Waals surface area (Å²) in [5.41, 5.74) is 1.000. The molecule has 0 saturated heterocycles. The molecule has 0 amide bonds. The van der Waals surface area contributed by atoms with Gasteiger partial charge in [0.1, 0.15) is 0 Å². The largest absolute Gasteiger partial charge is 0.312 e. The summed E-state index contributed by atoms with van der Waals surface area (Å²) in [4.78, 5) is 18.3. The Kier molecular flexibility index (Phi) is 3.23. The molecule has 0 aliphatic carbocycles. The van der Waals surface area contributed by atoms with Gasteiger partial charge in [0.2, 0.25) is 0 Å². The minimum absolute atomic E-state index is 0.0864. The van der Waals surface area contributed by atoms with E-state index in [-0.39, 0.29) is 15.1 Å². The van der Waals surface area contributed by atoms with E-state index in [4.69, 9.17) is 11.6 Å². The Morgan fingerprint density at radius 3 is 3.00 bits per heavy atom. The Labute approximate surface area is 142 Å². The fourth-order valence-corrected chi connectivity index (χ4v) is 5.47. The normalized spacial score (nSPS) is 12.2. The van der Waals surface area contributed by atoms with Crippen molar-refractivity contribution < 1.29 is 8.42 Å². The number of halogens is 1. The monoisotopic (exact) mass is 386 g/mol. The summed E-state index contributed by atoms with van der Waals surface area (Å²) in [5, 5.41) is 1.52. The summed E-state index contributed by atoms with van der Waals surface area (Å²) >= 11 is 8.27. The van der Waals surface area contributed by atoms with Crippen molar-refractivity contribution in [2.75, 3.05) is 4.72 Å². The van der Waals surface area contributed by atoms with E-state index in [0.717, 1.165) is 11.3 Å². The topological polar surface area (TPSA) is 96.3 Å². The molecule has 1 aromatic carbocycles. The van der Waals surface area contributed by atoms with Crippen molar-refractivity contribution in [2.45, 2.75) is 5.03 Å². The third-order valence-corrected chi connectivity index (χ3v) is 6.49. The summed E-state index contributed by atoms with van der Waals surface area (Å²) in [6.45, 7) is 0. The van der Waals surface area contributed by atoms with Crippen LogP contribution >= 0.6 is 34.3 Å². The molecular formula is C12H7ClN4O3S3. The number of hydrogen-bond donors (Lipinski definition) is 2. The first-order valence-electron chi connectivity index (χ1n) is 6.21. The molecule has 0 bridgehead atoms. The van der Waals surface area contributed by atoms with E-state index >= 15 is 0 Å². The van der Waals surface area contributed by atoms with Crippen molar-refractivity contribution in [3.8, 4) is 0 Å². The number of benzene rings is 1. The first-order valence-corrected chi connectivity index (χ1v) is 9.76. The highest BCUT2D eigenvalue weighted by molar-refractivity contribution is 7.92. The molecule has 118 valence electrons. The lowest BCUT2D eigenvalue weighted by atomic mass is 10.3. The van der Waals surface area contributed by atoms with Gasteiger partial charge in [-0.1, -0.05) is 22.9 Å². The second kappa shape index (κ2) is 5.06. The number of sulfonamides is 1. The quantitative estimate of drug-likeness (QED) is 0.565. The number of nitrogens with one attached hydrogen (secondary N) is 2. The first kappa shape index (κ1) is 14.7. The third-order valence-electron chi connectivity index (χ3n) is 3.11. The molecule has 3 heterocycles. The molecule has 4 aromatic rings. The van der Waals surface area contributed by atoms with Gasteiger partial charge in [-0.25, -0.2) is 4.98 Å². The zero-order valence-corrected chi connectivity index (χ0v) is 14.3. The van der Waals surface area contributed by atoms with Crippen molar-refractivity contribution in [2.24, 2.45) is 0 Å². The van der Waals surface area contributed by atoms with Gasteiger partial charge in [-0.15, -0.1) is 11.3 Å². The maximum absolute atomic E-state index is 12.6. The van der Waals surface area contributed by atoms with Gasteiger partial charge >= 0.3 is 4.87 Å². The van der Waals surface area contributed by atoms with Crippen LogP contribution in [0.5, 0.6) is 0 Å². The molecule has 2 N–H and O–H groups in total. The molecule has 11 heteroatoms. The number of fused-ring (bicyclic) bond motifs is 2. The van der Waals surface area contributed by atoms with Gasteiger partial charge < -0.3 is 4.98 Å². The number of thiazole rings is 2. The van der Waals surface area contributed by atoms with Gasteiger partial charge in [-0.2, -0.15) is 8.42 Å². The van der Waals surface area contributed by atoms with Gasteiger partial charge in [0.15, 0.2) is 15.1 Å². The fourth-order valence-electron chi connectivity index (χ4n) is 2.19. The van der Waals surface area contributed by atoms with E-state index in [1.165, 1.54) is 15.7 Å². The lowest BCUT2D eigenvalue weighted by Crippen LogP contribution is -2.15. The summed E-state index contributed by atoms with van der Waals surface area (Å²) in [7, 11) is -3.92.